The summed E-state index contributed by atoms with van der Waals surface area (Å²) in [7, 11) is 5.70. The number of hydrogen-bond donors (Lipinski definition) is 1. The van der Waals surface area contributed by atoms with E-state index in [4.69, 9.17) is 19.2 Å². The van der Waals surface area contributed by atoms with Gasteiger partial charge in [0.25, 0.3) is 0 Å². The van der Waals surface area contributed by atoms with E-state index in [2.05, 4.69) is 10.2 Å². The first-order valence-electron chi connectivity index (χ1n) is 8.51. The van der Waals surface area contributed by atoms with Crippen LogP contribution in [0.1, 0.15) is 0 Å². The van der Waals surface area contributed by atoms with E-state index in [0.717, 1.165) is 29.7 Å². The second-order valence-electron chi connectivity index (χ2n) is 6.38. The van der Waals surface area contributed by atoms with Gasteiger partial charge in [0.15, 0.2) is 23.1 Å². The van der Waals surface area contributed by atoms with E-state index in [9.17, 15) is 0 Å². The topological polar surface area (TPSA) is 55.9 Å². The van der Waals surface area contributed by atoms with Gasteiger partial charge in [0.1, 0.15) is 5.75 Å². The number of anilines is 1. The van der Waals surface area contributed by atoms with Gasteiger partial charge in [-0.2, -0.15) is 0 Å². The number of fused-ring (bicyclic) bond motifs is 4. The van der Waals surface area contributed by atoms with Gasteiger partial charge in [-0.3, -0.25) is 0 Å². The predicted octanol–water partition coefficient (Wildman–Crippen LogP) is 4.11. The van der Waals surface area contributed by atoms with Crippen molar-refractivity contribution >= 4 is 16.7 Å². The molecule has 1 aliphatic rings. The van der Waals surface area contributed by atoms with Crippen LogP contribution in [0.5, 0.6) is 28.7 Å². The van der Waals surface area contributed by atoms with E-state index in [1.165, 1.54) is 0 Å². The molecule has 1 N–H and O–H groups in total. The summed E-state index contributed by atoms with van der Waals surface area (Å²) in [5.41, 5.74) is 0.855. The summed E-state index contributed by atoms with van der Waals surface area (Å²) < 4.78 is 17.7. The Labute approximate surface area is 152 Å². The number of pyridine rings is 1. The van der Waals surface area contributed by atoms with Crippen molar-refractivity contribution in [3.05, 3.63) is 42.5 Å². The van der Waals surface area contributed by atoms with Crippen LogP contribution in [0.25, 0.3) is 10.9 Å². The van der Waals surface area contributed by atoms with Gasteiger partial charge in [0.2, 0.25) is 5.75 Å². The lowest BCUT2D eigenvalue weighted by Crippen LogP contribution is -2.21. The fourth-order valence-corrected chi connectivity index (χ4v) is 2.88. The van der Waals surface area contributed by atoms with Crippen LogP contribution in [-0.2, 0) is 0 Å². The minimum Gasteiger partial charge on any atom is -0.497 e. The van der Waals surface area contributed by atoms with E-state index in [0.29, 0.717) is 28.8 Å². The highest BCUT2D eigenvalue weighted by molar-refractivity contribution is 5.92. The van der Waals surface area contributed by atoms with Crippen molar-refractivity contribution in [1.29, 1.82) is 0 Å². The van der Waals surface area contributed by atoms with Gasteiger partial charge in [0, 0.05) is 24.5 Å². The Bertz CT molecular complexity index is 956. The van der Waals surface area contributed by atoms with E-state index in [1.807, 2.05) is 56.6 Å². The number of aromatic nitrogens is 1. The number of benzene rings is 2. The van der Waals surface area contributed by atoms with E-state index in [1.54, 1.807) is 7.11 Å². The zero-order valence-corrected chi connectivity index (χ0v) is 15.1. The summed E-state index contributed by atoms with van der Waals surface area (Å²) in [5.74, 6) is 3.96. The molecule has 0 spiro atoms. The molecule has 2 heterocycles. The number of nitrogens with one attached hydrogen (secondary N) is 1. The third kappa shape index (κ3) is 2.99. The Hall–Kier alpha value is -2.99. The molecule has 0 radical (unpaired) electrons. The lowest BCUT2D eigenvalue weighted by atomic mass is 10.1. The summed E-state index contributed by atoms with van der Waals surface area (Å²) in [5, 5.41) is 4.28. The fraction of sp³-hybridized carbons (Fsp3) is 0.250. The maximum absolute atomic E-state index is 6.21. The minimum absolute atomic E-state index is 0.611. The number of para-hydroxylation sites is 1. The lowest BCUT2D eigenvalue weighted by molar-refractivity contribution is 0.356. The van der Waals surface area contributed by atoms with Crippen LogP contribution in [0.4, 0.5) is 5.82 Å². The molecule has 4 rings (SSSR count). The first-order valence-corrected chi connectivity index (χ1v) is 8.51. The molecule has 6 heteroatoms. The van der Waals surface area contributed by atoms with Crippen LogP contribution < -0.4 is 19.5 Å². The Kier molecular flexibility index (Phi) is 4.26. The average molecular weight is 351 g/mol. The summed E-state index contributed by atoms with van der Waals surface area (Å²) in [6.45, 7) is 1.64. The average Bonchev–Trinajstić information content (AvgIpc) is 2.66. The summed E-state index contributed by atoms with van der Waals surface area (Å²) in [6, 6.07) is 13.4. The van der Waals surface area contributed by atoms with Crippen molar-refractivity contribution in [2.24, 2.45) is 0 Å². The Morgan fingerprint density at radius 3 is 2.65 bits per heavy atom. The highest BCUT2D eigenvalue weighted by Crippen LogP contribution is 2.51. The molecule has 1 aromatic heterocycles. The second kappa shape index (κ2) is 6.72. The van der Waals surface area contributed by atoms with Gasteiger partial charge >= 0.3 is 0 Å². The highest BCUT2D eigenvalue weighted by Gasteiger charge is 2.26. The summed E-state index contributed by atoms with van der Waals surface area (Å²) in [6.07, 6.45) is 0. The van der Waals surface area contributed by atoms with Crippen LogP contribution in [0.15, 0.2) is 42.5 Å². The van der Waals surface area contributed by atoms with Crippen molar-refractivity contribution in [3.8, 4) is 28.7 Å². The molecular formula is C20H21N3O3. The van der Waals surface area contributed by atoms with Gasteiger partial charge in [-0.05, 0) is 38.4 Å². The minimum atomic E-state index is 0.611. The van der Waals surface area contributed by atoms with Crippen LogP contribution in [0, 0.1) is 0 Å². The zero-order chi connectivity index (χ0) is 18.1. The maximum Gasteiger partial charge on any atom is 0.212 e. The number of rotatable bonds is 5. The SMILES string of the molecule is COc1ccc2c(c1)Oc1c(c(NCCN(C)C)nc3ccccc13)O2. The van der Waals surface area contributed by atoms with Gasteiger partial charge in [-0.15, -0.1) is 0 Å². The first-order chi connectivity index (χ1) is 12.7. The number of likely N-dealkylation sites (N-methyl/N-ethyl adjacent to an activating group) is 1. The predicted molar refractivity (Wildman–Crippen MR) is 102 cm³/mol. The molecule has 0 atom stereocenters. The molecule has 0 saturated heterocycles. The van der Waals surface area contributed by atoms with E-state index >= 15 is 0 Å². The summed E-state index contributed by atoms with van der Waals surface area (Å²) >= 11 is 0. The van der Waals surface area contributed by atoms with Gasteiger partial charge in [-0.1, -0.05) is 12.1 Å². The van der Waals surface area contributed by atoms with Crippen LogP contribution in [-0.4, -0.2) is 44.2 Å². The van der Waals surface area contributed by atoms with E-state index < -0.39 is 0 Å². The zero-order valence-electron chi connectivity index (χ0n) is 15.1. The van der Waals surface area contributed by atoms with Crippen LogP contribution >= 0.6 is 0 Å². The Morgan fingerprint density at radius 1 is 1.04 bits per heavy atom. The molecule has 0 unspecified atom stereocenters. The third-order valence-corrected chi connectivity index (χ3v) is 4.23. The first kappa shape index (κ1) is 16.5. The van der Waals surface area contributed by atoms with Crippen molar-refractivity contribution in [2.45, 2.75) is 0 Å². The molecule has 2 aromatic carbocycles. The molecule has 0 fully saturated rings. The smallest absolute Gasteiger partial charge is 0.212 e. The van der Waals surface area contributed by atoms with Gasteiger partial charge < -0.3 is 24.4 Å². The van der Waals surface area contributed by atoms with Gasteiger partial charge in [-0.25, -0.2) is 4.98 Å². The molecule has 3 aromatic rings. The van der Waals surface area contributed by atoms with Crippen molar-refractivity contribution in [1.82, 2.24) is 9.88 Å². The van der Waals surface area contributed by atoms with Crippen LogP contribution in [0.3, 0.4) is 0 Å². The largest absolute Gasteiger partial charge is 0.497 e. The monoisotopic (exact) mass is 351 g/mol. The molecule has 1 aliphatic heterocycles. The van der Waals surface area contributed by atoms with Gasteiger partial charge in [0.05, 0.1) is 12.6 Å². The molecule has 6 nitrogen and oxygen atoms in total. The highest BCUT2D eigenvalue weighted by atomic mass is 16.6. The number of hydrogen-bond acceptors (Lipinski definition) is 6. The molecule has 0 saturated carbocycles. The lowest BCUT2D eigenvalue weighted by Gasteiger charge is -2.24. The summed E-state index contributed by atoms with van der Waals surface area (Å²) in [4.78, 5) is 6.84. The Morgan fingerprint density at radius 2 is 1.85 bits per heavy atom. The number of ether oxygens (including phenoxy) is 3. The van der Waals surface area contributed by atoms with Crippen molar-refractivity contribution in [2.75, 3.05) is 39.6 Å². The number of methoxy groups -OCH3 is 1. The number of nitrogens with zero attached hydrogens (tertiary/aromatic N) is 2. The quantitative estimate of drug-likeness (QED) is 0.584. The molecular weight excluding hydrogens is 330 g/mol. The standard InChI is InChI=1S/C20H21N3O3/c1-23(2)11-10-21-20-19-18(14-6-4-5-7-15(14)22-20)26-17-12-13(24-3)8-9-16(17)25-19/h4-9,12H,10-11H2,1-3H3,(H,21,22). The second-order valence-corrected chi connectivity index (χ2v) is 6.38. The van der Waals surface area contributed by atoms with E-state index in [-0.39, 0.29) is 0 Å². The maximum atomic E-state index is 6.21. The van der Waals surface area contributed by atoms with Crippen molar-refractivity contribution < 1.29 is 14.2 Å². The molecule has 0 aliphatic carbocycles. The fourth-order valence-electron chi connectivity index (χ4n) is 2.88. The normalized spacial score (nSPS) is 12.2. The molecule has 134 valence electrons. The van der Waals surface area contributed by atoms with Crippen molar-refractivity contribution in [3.63, 3.8) is 0 Å². The van der Waals surface area contributed by atoms with Crippen LogP contribution in [0.2, 0.25) is 0 Å². The molecule has 0 amide bonds. The molecule has 0 bridgehead atoms. The molecule has 26 heavy (non-hydrogen) atoms. The Balaban J connectivity index is 1.78. The third-order valence-electron chi connectivity index (χ3n) is 4.23.